The van der Waals surface area contributed by atoms with E-state index in [4.69, 9.17) is 0 Å². The summed E-state index contributed by atoms with van der Waals surface area (Å²) in [6, 6.07) is 0. The Kier molecular flexibility index (Phi) is 7.25. The molecule has 0 amide bonds. The zero-order valence-corrected chi connectivity index (χ0v) is 13.1. The van der Waals surface area contributed by atoms with Crippen LogP contribution in [0.2, 0.25) is 0 Å². The standard InChI is InChI=1S/C12H27P.Ag/c1-10(2)7-13(8-11(3)4)9-12(5)6;/h10-12H,7-9H2,1-6H3;/q;-1/p+1. The molecule has 0 aliphatic carbocycles. The predicted octanol–water partition coefficient (Wildman–Crippen LogP) is 4.17. The van der Waals surface area contributed by atoms with Crippen molar-refractivity contribution in [3.05, 3.63) is 0 Å². The molecule has 0 fully saturated rings. The Morgan fingerprint density at radius 3 is 1.07 bits per heavy atom. The van der Waals surface area contributed by atoms with Crippen LogP contribution >= 0.6 is 5.15 Å². The van der Waals surface area contributed by atoms with Crippen LogP contribution < -0.4 is 0 Å². The van der Waals surface area contributed by atoms with E-state index in [9.17, 15) is 0 Å². The van der Waals surface area contributed by atoms with Crippen molar-refractivity contribution in [2.24, 2.45) is 17.8 Å². The van der Waals surface area contributed by atoms with E-state index in [1.807, 2.05) is 0 Å². The summed E-state index contributed by atoms with van der Waals surface area (Å²) in [5.41, 5.74) is 0. The molecule has 0 radical (unpaired) electrons. The van der Waals surface area contributed by atoms with Gasteiger partial charge in [-0.2, -0.15) is 0 Å². The second-order valence-corrected chi connectivity index (χ2v) is 13.9. The van der Waals surface area contributed by atoms with E-state index in [0.717, 1.165) is 17.8 Å². The van der Waals surface area contributed by atoms with Crippen LogP contribution in [-0.4, -0.2) is 18.5 Å². The zero-order chi connectivity index (χ0) is 11.4. The quantitative estimate of drug-likeness (QED) is 0.510. The molecular weight excluding hydrogens is 283 g/mol. The van der Waals surface area contributed by atoms with Gasteiger partial charge in [-0.1, -0.05) is 0 Å². The average Bonchev–Trinajstić information content (AvgIpc) is 1.76. The van der Waals surface area contributed by atoms with Crippen LogP contribution in [0.1, 0.15) is 41.5 Å². The fourth-order valence-corrected chi connectivity index (χ4v) is 12.5. The van der Waals surface area contributed by atoms with Crippen molar-refractivity contribution in [3.8, 4) is 0 Å². The van der Waals surface area contributed by atoms with E-state index in [1.165, 1.54) is 18.5 Å². The van der Waals surface area contributed by atoms with Crippen molar-refractivity contribution in [1.82, 2.24) is 0 Å². The van der Waals surface area contributed by atoms with Crippen LogP contribution in [0.25, 0.3) is 0 Å². The molecule has 0 aliphatic rings. The van der Waals surface area contributed by atoms with Crippen LogP contribution in [0.3, 0.4) is 0 Å². The molecule has 0 unspecified atom stereocenters. The maximum atomic E-state index is 4.15. The summed E-state index contributed by atoms with van der Waals surface area (Å²) in [7, 11) is 0. The van der Waals surface area contributed by atoms with Crippen LogP contribution in [0.5, 0.6) is 0 Å². The van der Waals surface area contributed by atoms with E-state index >= 15 is 0 Å². The fourth-order valence-electron chi connectivity index (χ4n) is 2.35. The number of rotatable bonds is 6. The molecule has 0 aromatic rings. The van der Waals surface area contributed by atoms with Crippen molar-refractivity contribution < 1.29 is 20.5 Å². The Morgan fingerprint density at radius 2 is 0.929 bits per heavy atom. The molecule has 14 heavy (non-hydrogen) atoms. The first kappa shape index (κ1) is 15.2. The Morgan fingerprint density at radius 1 is 0.714 bits per heavy atom. The monoisotopic (exact) mass is 310 g/mol. The number of hydrogen-bond donors (Lipinski definition) is 0. The van der Waals surface area contributed by atoms with E-state index in [-0.39, 0.29) is 0 Å². The van der Waals surface area contributed by atoms with Gasteiger partial charge < -0.3 is 0 Å². The molecule has 0 rings (SSSR count). The minimum atomic E-state index is -1.13. The van der Waals surface area contributed by atoms with Gasteiger partial charge >= 0.3 is 103 Å². The van der Waals surface area contributed by atoms with Gasteiger partial charge in [-0.25, -0.2) is 0 Å². The molecular formula is C12H28AgP. The fraction of sp³-hybridized carbons (Fsp3) is 1.00. The van der Waals surface area contributed by atoms with Gasteiger partial charge in [-0.15, -0.1) is 0 Å². The molecule has 0 heterocycles. The molecule has 0 atom stereocenters. The third-order valence-electron chi connectivity index (χ3n) is 2.28. The molecule has 0 aromatic heterocycles. The van der Waals surface area contributed by atoms with Crippen molar-refractivity contribution in [2.75, 3.05) is 18.5 Å². The van der Waals surface area contributed by atoms with Gasteiger partial charge in [0.25, 0.3) is 0 Å². The van der Waals surface area contributed by atoms with Crippen molar-refractivity contribution >= 4 is 5.15 Å². The van der Waals surface area contributed by atoms with Gasteiger partial charge in [-0.3, -0.25) is 0 Å². The molecule has 0 spiro atoms. The van der Waals surface area contributed by atoms with Crippen LogP contribution in [0.4, 0.5) is 0 Å². The molecule has 2 heteroatoms. The first-order valence-electron chi connectivity index (χ1n) is 5.90. The Hall–Kier alpha value is 1.17. The van der Waals surface area contributed by atoms with Gasteiger partial charge in [0.2, 0.25) is 0 Å². The molecule has 0 nitrogen and oxygen atoms in total. The van der Waals surface area contributed by atoms with Gasteiger partial charge in [-0.05, 0) is 0 Å². The van der Waals surface area contributed by atoms with Crippen molar-refractivity contribution in [2.45, 2.75) is 41.5 Å². The average molecular weight is 311 g/mol. The molecule has 0 N–H and O–H groups in total. The van der Waals surface area contributed by atoms with Gasteiger partial charge in [0.15, 0.2) is 0 Å². The molecule has 0 aromatic carbocycles. The normalized spacial score (nSPS) is 14.5. The second-order valence-electron chi connectivity index (χ2n) is 5.86. The van der Waals surface area contributed by atoms with Crippen molar-refractivity contribution in [1.29, 1.82) is 0 Å². The molecule has 92 valence electrons. The number of hydrogen-bond acceptors (Lipinski definition) is 0. The SMILES string of the molecule is CC(C)C[PH]([Ag])(CC(C)C)CC(C)C. The van der Waals surface area contributed by atoms with E-state index < -0.39 is 5.15 Å². The van der Waals surface area contributed by atoms with Crippen LogP contribution in [-0.2, 0) is 20.5 Å². The third kappa shape index (κ3) is 7.46. The van der Waals surface area contributed by atoms with Gasteiger partial charge in [0.05, 0.1) is 0 Å². The summed E-state index contributed by atoms with van der Waals surface area (Å²) in [6.07, 6.45) is 4.30. The van der Waals surface area contributed by atoms with Crippen molar-refractivity contribution in [3.63, 3.8) is 0 Å². The zero-order valence-electron chi connectivity index (χ0n) is 10.7. The molecule has 0 bridgehead atoms. The third-order valence-corrected chi connectivity index (χ3v) is 9.55. The molecule has 0 aliphatic heterocycles. The summed E-state index contributed by atoms with van der Waals surface area (Å²) in [4.78, 5) is 0. The van der Waals surface area contributed by atoms with E-state index in [0.29, 0.717) is 0 Å². The Labute approximate surface area is 103 Å². The first-order chi connectivity index (χ1) is 6.25. The summed E-state index contributed by atoms with van der Waals surface area (Å²) in [5, 5.41) is -1.13. The van der Waals surface area contributed by atoms with Crippen LogP contribution in [0, 0.1) is 17.8 Å². The predicted molar refractivity (Wildman–Crippen MR) is 67.4 cm³/mol. The van der Waals surface area contributed by atoms with E-state index in [2.05, 4.69) is 62.1 Å². The molecule has 0 saturated heterocycles. The summed E-state index contributed by atoms with van der Waals surface area (Å²) in [6.45, 7) is 14.1. The maximum absolute atomic E-state index is 4.15. The Balaban J connectivity index is 4.32. The first-order valence-corrected chi connectivity index (χ1v) is 10.5. The van der Waals surface area contributed by atoms with E-state index in [1.54, 1.807) is 0 Å². The summed E-state index contributed by atoms with van der Waals surface area (Å²) in [5.74, 6) is 2.54. The minimum absolute atomic E-state index is 0.845. The summed E-state index contributed by atoms with van der Waals surface area (Å²) < 4.78 is 0. The Bertz CT molecular complexity index is 126. The van der Waals surface area contributed by atoms with Crippen LogP contribution in [0.15, 0.2) is 0 Å². The molecule has 0 saturated carbocycles. The van der Waals surface area contributed by atoms with Gasteiger partial charge in [0.1, 0.15) is 0 Å². The summed E-state index contributed by atoms with van der Waals surface area (Å²) >= 11 is 4.15. The topological polar surface area (TPSA) is 0 Å². The second kappa shape index (κ2) is 6.69. The van der Waals surface area contributed by atoms with Gasteiger partial charge in [0, 0.05) is 0 Å².